The fourth-order valence-electron chi connectivity index (χ4n) is 1.85. The minimum atomic E-state index is -0.599. The third-order valence-electron chi connectivity index (χ3n) is 3.01. The fraction of sp³-hybridized carbons (Fsp3) is 0.833. The van der Waals surface area contributed by atoms with Crippen molar-refractivity contribution in [2.24, 2.45) is 11.8 Å². The van der Waals surface area contributed by atoms with Crippen molar-refractivity contribution in [3.05, 3.63) is 0 Å². The average Bonchev–Trinajstić information content (AvgIpc) is 2.08. The largest absolute Gasteiger partial charge is 0.465 e. The van der Waals surface area contributed by atoms with Gasteiger partial charge in [0.2, 0.25) is 0 Å². The molecule has 0 saturated carbocycles. The van der Waals surface area contributed by atoms with Crippen LogP contribution in [-0.2, 0) is 9.53 Å². The van der Waals surface area contributed by atoms with E-state index in [0.717, 1.165) is 13.1 Å². The molecule has 0 N–H and O–H groups in total. The molecule has 0 spiro atoms. The lowest BCUT2D eigenvalue weighted by Crippen LogP contribution is -2.58. The SMILES string of the molecule is CCOC(=O)[C@@H](C#N)C1CN(C(C)(C)C)C1. The Labute approximate surface area is 97.2 Å². The minimum Gasteiger partial charge on any atom is -0.465 e. The topological polar surface area (TPSA) is 53.3 Å². The molecular formula is C12H20N2O2. The van der Waals surface area contributed by atoms with E-state index >= 15 is 0 Å². The molecule has 1 saturated heterocycles. The Morgan fingerprint density at radius 3 is 2.50 bits per heavy atom. The molecule has 4 nitrogen and oxygen atoms in total. The van der Waals surface area contributed by atoms with E-state index < -0.39 is 5.92 Å². The zero-order chi connectivity index (χ0) is 12.3. The number of hydrogen-bond acceptors (Lipinski definition) is 4. The van der Waals surface area contributed by atoms with Crippen LogP contribution in [0.15, 0.2) is 0 Å². The number of nitriles is 1. The van der Waals surface area contributed by atoms with Crippen molar-refractivity contribution in [1.29, 1.82) is 5.26 Å². The second-order valence-electron chi connectivity index (χ2n) is 5.19. The predicted octanol–water partition coefficient (Wildman–Crippen LogP) is 1.42. The Hall–Kier alpha value is -1.08. The van der Waals surface area contributed by atoms with Gasteiger partial charge in [-0.05, 0) is 27.7 Å². The Bertz CT molecular complexity index is 295. The summed E-state index contributed by atoms with van der Waals surface area (Å²) < 4.78 is 4.89. The first-order valence-corrected chi connectivity index (χ1v) is 5.71. The van der Waals surface area contributed by atoms with Crippen LogP contribution in [0.1, 0.15) is 27.7 Å². The molecular weight excluding hydrogens is 204 g/mol. The van der Waals surface area contributed by atoms with E-state index in [4.69, 9.17) is 10.00 Å². The molecule has 0 radical (unpaired) electrons. The van der Waals surface area contributed by atoms with E-state index in [-0.39, 0.29) is 17.4 Å². The molecule has 1 aliphatic heterocycles. The van der Waals surface area contributed by atoms with Crippen molar-refractivity contribution >= 4 is 5.97 Å². The summed E-state index contributed by atoms with van der Waals surface area (Å²) >= 11 is 0. The highest BCUT2D eigenvalue weighted by Crippen LogP contribution is 2.30. The standard InChI is InChI=1S/C12H20N2O2/c1-5-16-11(15)10(6-13)9-7-14(8-9)12(2,3)4/h9-10H,5,7-8H2,1-4H3/t10-/m0/s1. The van der Waals surface area contributed by atoms with Crippen LogP contribution in [0.5, 0.6) is 0 Å². The van der Waals surface area contributed by atoms with Crippen LogP contribution in [0.3, 0.4) is 0 Å². The van der Waals surface area contributed by atoms with Crippen LogP contribution in [-0.4, -0.2) is 36.1 Å². The molecule has 0 unspecified atom stereocenters. The highest BCUT2D eigenvalue weighted by atomic mass is 16.5. The zero-order valence-corrected chi connectivity index (χ0v) is 10.5. The van der Waals surface area contributed by atoms with E-state index in [1.54, 1.807) is 6.92 Å². The monoisotopic (exact) mass is 224 g/mol. The quantitative estimate of drug-likeness (QED) is 0.680. The maximum absolute atomic E-state index is 11.5. The van der Waals surface area contributed by atoms with Gasteiger partial charge in [-0.3, -0.25) is 9.69 Å². The van der Waals surface area contributed by atoms with Gasteiger partial charge in [0.05, 0.1) is 12.7 Å². The fourth-order valence-corrected chi connectivity index (χ4v) is 1.85. The van der Waals surface area contributed by atoms with Crippen molar-refractivity contribution in [2.45, 2.75) is 33.2 Å². The smallest absolute Gasteiger partial charge is 0.323 e. The first kappa shape index (κ1) is 13.0. The molecule has 1 rings (SSSR count). The lowest BCUT2D eigenvalue weighted by Gasteiger charge is -2.48. The zero-order valence-electron chi connectivity index (χ0n) is 10.5. The molecule has 16 heavy (non-hydrogen) atoms. The molecule has 1 atom stereocenters. The molecule has 0 aromatic rings. The lowest BCUT2D eigenvalue weighted by atomic mass is 9.83. The van der Waals surface area contributed by atoms with Crippen molar-refractivity contribution < 1.29 is 9.53 Å². The summed E-state index contributed by atoms with van der Waals surface area (Å²) in [7, 11) is 0. The summed E-state index contributed by atoms with van der Waals surface area (Å²) in [5, 5.41) is 8.98. The van der Waals surface area contributed by atoms with Crippen molar-refractivity contribution in [2.75, 3.05) is 19.7 Å². The first-order chi connectivity index (χ1) is 7.40. The summed E-state index contributed by atoms with van der Waals surface area (Å²) in [5.74, 6) is -0.842. The summed E-state index contributed by atoms with van der Waals surface area (Å²) in [6, 6.07) is 2.06. The number of ether oxygens (including phenoxy) is 1. The Morgan fingerprint density at radius 1 is 1.56 bits per heavy atom. The van der Waals surface area contributed by atoms with Gasteiger partial charge in [0.1, 0.15) is 5.92 Å². The van der Waals surface area contributed by atoms with Crippen molar-refractivity contribution in [3.8, 4) is 6.07 Å². The van der Waals surface area contributed by atoms with Crippen LogP contribution in [0, 0.1) is 23.2 Å². The van der Waals surface area contributed by atoms with Gasteiger partial charge < -0.3 is 4.74 Å². The molecule has 4 heteroatoms. The van der Waals surface area contributed by atoms with Crippen LogP contribution in [0.4, 0.5) is 0 Å². The van der Waals surface area contributed by atoms with Gasteiger partial charge in [-0.15, -0.1) is 0 Å². The molecule has 1 heterocycles. The predicted molar refractivity (Wildman–Crippen MR) is 60.6 cm³/mol. The van der Waals surface area contributed by atoms with E-state index in [0.29, 0.717) is 6.61 Å². The maximum Gasteiger partial charge on any atom is 0.323 e. The van der Waals surface area contributed by atoms with Gasteiger partial charge in [-0.2, -0.15) is 5.26 Å². The number of carbonyl (C=O) groups excluding carboxylic acids is 1. The van der Waals surface area contributed by atoms with Crippen molar-refractivity contribution in [3.63, 3.8) is 0 Å². The second-order valence-corrected chi connectivity index (χ2v) is 5.19. The van der Waals surface area contributed by atoms with Gasteiger partial charge in [-0.25, -0.2) is 0 Å². The highest BCUT2D eigenvalue weighted by molar-refractivity contribution is 5.75. The molecule has 1 fully saturated rings. The average molecular weight is 224 g/mol. The number of esters is 1. The molecule has 0 aliphatic carbocycles. The van der Waals surface area contributed by atoms with Gasteiger partial charge in [0.15, 0.2) is 0 Å². The van der Waals surface area contributed by atoms with Crippen LogP contribution >= 0.6 is 0 Å². The lowest BCUT2D eigenvalue weighted by molar-refractivity contribution is -0.150. The van der Waals surface area contributed by atoms with E-state index in [2.05, 4.69) is 31.7 Å². The Balaban J connectivity index is 2.49. The summed E-state index contributed by atoms with van der Waals surface area (Å²) in [5.41, 5.74) is 0.116. The van der Waals surface area contributed by atoms with E-state index in [1.807, 2.05) is 0 Å². The molecule has 1 aliphatic rings. The highest BCUT2D eigenvalue weighted by Gasteiger charge is 2.42. The number of hydrogen-bond donors (Lipinski definition) is 0. The third kappa shape index (κ3) is 2.73. The van der Waals surface area contributed by atoms with Crippen LogP contribution < -0.4 is 0 Å². The van der Waals surface area contributed by atoms with Gasteiger partial charge >= 0.3 is 5.97 Å². The van der Waals surface area contributed by atoms with Crippen LogP contribution in [0.2, 0.25) is 0 Å². The van der Waals surface area contributed by atoms with E-state index in [9.17, 15) is 4.79 Å². The molecule has 0 aromatic carbocycles. The second kappa shape index (κ2) is 4.84. The van der Waals surface area contributed by atoms with Crippen molar-refractivity contribution in [1.82, 2.24) is 4.90 Å². The number of nitrogens with zero attached hydrogens (tertiary/aromatic N) is 2. The van der Waals surface area contributed by atoms with Gasteiger partial charge in [0.25, 0.3) is 0 Å². The van der Waals surface area contributed by atoms with E-state index in [1.165, 1.54) is 0 Å². The third-order valence-corrected chi connectivity index (χ3v) is 3.01. The summed E-state index contributed by atoms with van der Waals surface area (Å²) in [6.07, 6.45) is 0. The van der Waals surface area contributed by atoms with Gasteiger partial charge in [-0.1, -0.05) is 0 Å². The number of likely N-dealkylation sites (tertiary alicyclic amines) is 1. The molecule has 0 bridgehead atoms. The Morgan fingerprint density at radius 2 is 2.12 bits per heavy atom. The van der Waals surface area contributed by atoms with Gasteiger partial charge in [0, 0.05) is 24.5 Å². The summed E-state index contributed by atoms with van der Waals surface area (Å²) in [6.45, 7) is 10.1. The summed E-state index contributed by atoms with van der Waals surface area (Å²) in [4.78, 5) is 13.8. The minimum absolute atomic E-state index is 0.116. The normalized spacial score (nSPS) is 19.7. The molecule has 0 aromatic heterocycles. The first-order valence-electron chi connectivity index (χ1n) is 5.71. The number of rotatable bonds is 3. The molecule has 0 amide bonds. The number of carbonyl (C=O) groups is 1. The Kier molecular flexibility index (Phi) is 3.93. The molecule has 90 valence electrons. The van der Waals surface area contributed by atoms with Crippen LogP contribution in [0.25, 0.3) is 0 Å². The maximum atomic E-state index is 11.5.